The summed E-state index contributed by atoms with van der Waals surface area (Å²) >= 11 is 0. The van der Waals surface area contributed by atoms with E-state index < -0.39 is 18.4 Å². The van der Waals surface area contributed by atoms with E-state index in [1.807, 2.05) is 48.5 Å². The van der Waals surface area contributed by atoms with E-state index >= 15 is 0 Å². The Balaban J connectivity index is 1.73. The maximum Gasteiger partial charge on any atom is 0.329 e. The van der Waals surface area contributed by atoms with Gasteiger partial charge < -0.3 is 19.5 Å². The number of ether oxygens (including phenoxy) is 3. The molecule has 2 aromatic carbocycles. The summed E-state index contributed by atoms with van der Waals surface area (Å²) < 4.78 is 16.0. The van der Waals surface area contributed by atoms with Crippen LogP contribution in [0.3, 0.4) is 0 Å². The van der Waals surface area contributed by atoms with Gasteiger partial charge in [0.1, 0.15) is 18.8 Å². The van der Waals surface area contributed by atoms with Gasteiger partial charge in [-0.05, 0) is 30.0 Å². The maximum atomic E-state index is 11.4. The molecule has 0 unspecified atom stereocenters. The lowest BCUT2D eigenvalue weighted by molar-refractivity contribution is -0.197. The van der Waals surface area contributed by atoms with Crippen molar-refractivity contribution in [1.29, 1.82) is 0 Å². The Morgan fingerprint density at radius 3 is 2.52 bits per heavy atom. The number of nitrogens with one attached hydrogen (secondary N) is 1. The molecule has 3 rings (SSSR count). The van der Waals surface area contributed by atoms with Gasteiger partial charge in [-0.1, -0.05) is 49.7 Å². The summed E-state index contributed by atoms with van der Waals surface area (Å²) in [7, 11) is 0. The van der Waals surface area contributed by atoms with Crippen LogP contribution in [0.15, 0.2) is 48.5 Å². The molecule has 1 fully saturated rings. The van der Waals surface area contributed by atoms with Crippen molar-refractivity contribution in [1.82, 2.24) is 0 Å². The molecule has 1 aliphatic heterocycles. The Bertz CT molecular complexity index is 774. The fourth-order valence-electron chi connectivity index (χ4n) is 2.75. The van der Waals surface area contributed by atoms with Crippen LogP contribution in [0.5, 0.6) is 5.75 Å². The van der Waals surface area contributed by atoms with Gasteiger partial charge in [-0.3, -0.25) is 9.59 Å². The third-order valence-electron chi connectivity index (χ3n) is 4.15. The summed E-state index contributed by atoms with van der Waals surface area (Å²) in [5, 5.41) is 2.90. The van der Waals surface area contributed by atoms with E-state index in [4.69, 9.17) is 14.2 Å². The topological polar surface area (TPSA) is 73.9 Å². The zero-order valence-electron chi connectivity index (χ0n) is 15.3. The predicted molar refractivity (Wildman–Crippen MR) is 100 cm³/mol. The van der Waals surface area contributed by atoms with Crippen LogP contribution in [0.25, 0.3) is 0 Å². The number of anilines is 1. The third kappa shape index (κ3) is 5.48. The van der Waals surface area contributed by atoms with Crippen molar-refractivity contribution >= 4 is 17.6 Å². The number of benzene rings is 2. The van der Waals surface area contributed by atoms with Crippen LogP contribution in [0.1, 0.15) is 37.3 Å². The van der Waals surface area contributed by atoms with Gasteiger partial charge in [0.2, 0.25) is 0 Å². The average molecular weight is 369 g/mol. The van der Waals surface area contributed by atoms with Crippen molar-refractivity contribution in [3.63, 3.8) is 0 Å². The molecule has 0 spiro atoms. The molecule has 0 atom stereocenters. The number of unbranched alkanes of at least 4 members (excludes halogenated alkanes) is 1. The van der Waals surface area contributed by atoms with Gasteiger partial charge in [-0.2, -0.15) is 0 Å². The van der Waals surface area contributed by atoms with E-state index in [2.05, 4.69) is 12.2 Å². The molecule has 0 bridgehead atoms. The quantitative estimate of drug-likeness (QED) is 0.564. The Kier molecular flexibility index (Phi) is 6.30. The van der Waals surface area contributed by atoms with E-state index in [-0.39, 0.29) is 6.42 Å². The minimum atomic E-state index is -1.12. The average Bonchev–Trinajstić information content (AvgIpc) is 2.65. The molecule has 1 heterocycles. The summed E-state index contributed by atoms with van der Waals surface area (Å²) in [4.78, 5) is 22.8. The van der Waals surface area contributed by atoms with Crippen LogP contribution in [0, 0.1) is 0 Å². The van der Waals surface area contributed by atoms with E-state index in [9.17, 15) is 9.59 Å². The van der Waals surface area contributed by atoms with Crippen LogP contribution in [0.4, 0.5) is 5.69 Å². The molecule has 1 saturated heterocycles. The van der Waals surface area contributed by atoms with Crippen LogP contribution in [-0.2, 0) is 32.1 Å². The van der Waals surface area contributed by atoms with Gasteiger partial charge in [0.25, 0.3) is 0 Å². The van der Waals surface area contributed by atoms with Crippen molar-refractivity contribution in [2.75, 3.05) is 5.32 Å². The normalized spacial score (nSPS) is 14.4. The smallest absolute Gasteiger partial charge is 0.329 e. The van der Waals surface area contributed by atoms with Gasteiger partial charge in [0, 0.05) is 11.8 Å². The van der Waals surface area contributed by atoms with Gasteiger partial charge in [0.05, 0.1) is 0 Å². The first-order valence-electron chi connectivity index (χ1n) is 9.09. The maximum absolute atomic E-state index is 11.4. The van der Waals surface area contributed by atoms with E-state index in [1.165, 1.54) is 0 Å². The second kappa shape index (κ2) is 9.07. The summed E-state index contributed by atoms with van der Waals surface area (Å²) in [5.41, 5.74) is 2.83. The van der Waals surface area contributed by atoms with Crippen molar-refractivity contribution in [2.45, 2.75) is 45.6 Å². The Morgan fingerprint density at radius 2 is 1.81 bits per heavy atom. The highest BCUT2D eigenvalue weighted by Gasteiger charge is 2.27. The molecule has 0 radical (unpaired) electrons. The van der Waals surface area contributed by atoms with E-state index in [0.717, 1.165) is 36.1 Å². The van der Waals surface area contributed by atoms with Crippen LogP contribution in [-0.4, -0.2) is 18.4 Å². The number of carbonyl (C=O) groups is 2. The second-order valence-electron chi connectivity index (χ2n) is 6.33. The molecule has 1 aliphatic rings. The highest BCUT2D eigenvalue weighted by atomic mass is 16.7. The zero-order valence-corrected chi connectivity index (χ0v) is 15.3. The van der Waals surface area contributed by atoms with Crippen molar-refractivity contribution in [2.24, 2.45) is 0 Å². The summed E-state index contributed by atoms with van der Waals surface area (Å²) in [6, 6.07) is 15.6. The Labute approximate surface area is 158 Å². The zero-order chi connectivity index (χ0) is 19.1. The SMILES string of the molecule is CCCCc1ccc(NC2OC(=O)CC(=O)O2)cc1OCc1ccccc1. The standard InChI is InChI=1S/C21H23NO5/c1-2-3-9-16-10-11-17(22-21-26-19(23)13-20(24)27-21)12-18(16)25-14-15-7-5-4-6-8-15/h4-8,10-12,21-22H,2-3,9,13-14H2,1H3. The second-order valence-corrected chi connectivity index (χ2v) is 6.33. The third-order valence-corrected chi connectivity index (χ3v) is 4.15. The number of aryl methyl sites for hydroxylation is 1. The first-order valence-corrected chi connectivity index (χ1v) is 9.09. The molecule has 6 heteroatoms. The molecular formula is C21H23NO5. The largest absolute Gasteiger partial charge is 0.489 e. The first-order chi connectivity index (χ1) is 13.1. The number of esters is 2. The molecule has 27 heavy (non-hydrogen) atoms. The van der Waals surface area contributed by atoms with E-state index in [0.29, 0.717) is 12.3 Å². The van der Waals surface area contributed by atoms with Gasteiger partial charge in [-0.15, -0.1) is 0 Å². The number of hydrogen-bond donors (Lipinski definition) is 1. The molecular weight excluding hydrogens is 346 g/mol. The molecule has 0 saturated carbocycles. The predicted octanol–water partition coefficient (Wildman–Crippen LogP) is 3.79. The molecule has 142 valence electrons. The van der Waals surface area contributed by atoms with Crippen LogP contribution in [0.2, 0.25) is 0 Å². The van der Waals surface area contributed by atoms with Crippen molar-refractivity contribution in [3.8, 4) is 5.75 Å². The number of cyclic esters (lactones) is 2. The molecule has 2 aromatic rings. The Morgan fingerprint density at radius 1 is 1.07 bits per heavy atom. The summed E-state index contributed by atoms with van der Waals surface area (Å²) in [5.74, 6) is -0.460. The van der Waals surface area contributed by atoms with Gasteiger partial charge >= 0.3 is 18.4 Å². The Hall–Kier alpha value is -3.02. The lowest BCUT2D eigenvalue weighted by Crippen LogP contribution is -2.37. The number of carbonyl (C=O) groups excluding carboxylic acids is 2. The molecule has 6 nitrogen and oxygen atoms in total. The van der Waals surface area contributed by atoms with E-state index in [1.54, 1.807) is 0 Å². The number of rotatable bonds is 8. The minimum Gasteiger partial charge on any atom is -0.489 e. The molecule has 0 aromatic heterocycles. The van der Waals surface area contributed by atoms with Crippen molar-refractivity contribution in [3.05, 3.63) is 59.7 Å². The molecule has 0 aliphatic carbocycles. The minimum absolute atomic E-state index is 0.362. The fourth-order valence-corrected chi connectivity index (χ4v) is 2.75. The van der Waals surface area contributed by atoms with Gasteiger partial charge in [-0.25, -0.2) is 0 Å². The van der Waals surface area contributed by atoms with Crippen LogP contribution >= 0.6 is 0 Å². The molecule has 1 N–H and O–H groups in total. The highest BCUT2D eigenvalue weighted by molar-refractivity contribution is 5.92. The van der Waals surface area contributed by atoms with Gasteiger partial charge in [0.15, 0.2) is 0 Å². The highest BCUT2D eigenvalue weighted by Crippen LogP contribution is 2.27. The number of hydrogen-bond acceptors (Lipinski definition) is 6. The van der Waals surface area contributed by atoms with Crippen LogP contribution < -0.4 is 10.1 Å². The molecule has 0 amide bonds. The summed E-state index contributed by atoms with van der Waals surface area (Å²) in [6.45, 7) is 2.60. The monoisotopic (exact) mass is 369 g/mol. The lowest BCUT2D eigenvalue weighted by atomic mass is 10.1. The van der Waals surface area contributed by atoms with Crippen molar-refractivity contribution < 1.29 is 23.8 Å². The lowest BCUT2D eigenvalue weighted by Gasteiger charge is -2.24. The summed E-state index contributed by atoms with van der Waals surface area (Å²) in [6.07, 6.45) is 1.58. The fraction of sp³-hybridized carbons (Fsp3) is 0.333. The first kappa shape index (κ1) is 18.8.